The van der Waals surface area contributed by atoms with Gasteiger partial charge in [0.05, 0.1) is 11.6 Å². The number of hydrogen-bond donors (Lipinski definition) is 1. The van der Waals surface area contributed by atoms with E-state index in [1.54, 1.807) is 6.26 Å². The Hall–Kier alpha value is -1.51. The fraction of sp³-hybridized carbons (Fsp3) is 0.500. The summed E-state index contributed by atoms with van der Waals surface area (Å²) in [5, 5.41) is 4.74. The van der Waals surface area contributed by atoms with Crippen LogP contribution in [0, 0.1) is 11.8 Å². The van der Waals surface area contributed by atoms with Gasteiger partial charge < -0.3 is 9.73 Å². The zero-order chi connectivity index (χ0) is 11.2. The lowest BCUT2D eigenvalue weighted by molar-refractivity contribution is 0.439. The molecule has 4 rings (SSSR count). The molecule has 2 aromatic heterocycles. The first-order chi connectivity index (χ1) is 8.40. The summed E-state index contributed by atoms with van der Waals surface area (Å²) in [6.07, 6.45) is 9.12. The van der Waals surface area contributed by atoms with Crippen molar-refractivity contribution in [2.24, 2.45) is 11.8 Å². The summed E-state index contributed by atoms with van der Waals surface area (Å²) in [5.74, 6) is 2.82. The second kappa shape index (κ2) is 3.49. The molecular formula is C14H16N2O. The lowest BCUT2D eigenvalue weighted by Gasteiger charge is -2.23. The predicted molar refractivity (Wildman–Crippen MR) is 66.9 cm³/mol. The lowest BCUT2D eigenvalue weighted by atomic mass is 9.95. The molecule has 0 saturated heterocycles. The number of furan rings is 1. The first kappa shape index (κ1) is 9.51. The molecule has 3 heteroatoms. The highest BCUT2D eigenvalue weighted by Gasteiger charge is 2.39. The van der Waals surface area contributed by atoms with Crippen LogP contribution in [0.1, 0.15) is 25.7 Å². The van der Waals surface area contributed by atoms with E-state index in [4.69, 9.17) is 4.42 Å². The number of fused-ring (bicyclic) bond motifs is 3. The van der Waals surface area contributed by atoms with Gasteiger partial charge in [0.2, 0.25) is 0 Å². The van der Waals surface area contributed by atoms with E-state index in [2.05, 4.69) is 10.3 Å². The van der Waals surface area contributed by atoms with Crippen LogP contribution in [-0.4, -0.2) is 11.0 Å². The van der Waals surface area contributed by atoms with Gasteiger partial charge in [0, 0.05) is 12.2 Å². The summed E-state index contributed by atoms with van der Waals surface area (Å²) in [4.78, 5) is 4.46. The number of nitrogens with zero attached hydrogens (tertiary/aromatic N) is 1. The molecule has 2 heterocycles. The number of aromatic nitrogens is 1. The molecular weight excluding hydrogens is 212 g/mol. The highest BCUT2D eigenvalue weighted by atomic mass is 16.3. The van der Waals surface area contributed by atoms with Crippen LogP contribution in [0.2, 0.25) is 0 Å². The summed E-state index contributed by atoms with van der Waals surface area (Å²) in [5.41, 5.74) is 0.922. The molecule has 17 heavy (non-hydrogen) atoms. The van der Waals surface area contributed by atoms with Crippen molar-refractivity contribution in [3.05, 3.63) is 24.6 Å². The first-order valence-electron chi connectivity index (χ1n) is 6.49. The molecule has 2 aliphatic carbocycles. The average molecular weight is 228 g/mol. The molecule has 0 aromatic carbocycles. The lowest BCUT2D eigenvalue weighted by Crippen LogP contribution is -2.26. The van der Waals surface area contributed by atoms with Gasteiger partial charge in [-0.25, -0.2) is 4.98 Å². The number of nitrogens with one attached hydrogen (secondary N) is 1. The van der Waals surface area contributed by atoms with Gasteiger partial charge in [-0.2, -0.15) is 0 Å². The zero-order valence-electron chi connectivity index (χ0n) is 9.73. The average Bonchev–Trinajstić information content (AvgIpc) is 3.04. The quantitative estimate of drug-likeness (QED) is 0.855. The summed E-state index contributed by atoms with van der Waals surface area (Å²) >= 11 is 0. The fourth-order valence-corrected chi connectivity index (χ4v) is 3.61. The van der Waals surface area contributed by atoms with Crippen LogP contribution in [0.3, 0.4) is 0 Å². The van der Waals surface area contributed by atoms with E-state index < -0.39 is 0 Å². The smallest absolute Gasteiger partial charge is 0.139 e. The molecule has 0 amide bonds. The third kappa shape index (κ3) is 1.45. The largest absolute Gasteiger partial charge is 0.464 e. The van der Waals surface area contributed by atoms with Crippen LogP contribution in [0.15, 0.2) is 29.0 Å². The maximum atomic E-state index is 5.40. The number of anilines is 1. The normalized spacial score (nSPS) is 31.2. The monoisotopic (exact) mass is 228 g/mol. The van der Waals surface area contributed by atoms with E-state index in [0.717, 1.165) is 28.6 Å². The molecule has 2 saturated carbocycles. The molecule has 1 N–H and O–H groups in total. The third-order valence-electron chi connectivity index (χ3n) is 4.44. The molecule has 3 unspecified atom stereocenters. The van der Waals surface area contributed by atoms with Crippen molar-refractivity contribution in [1.29, 1.82) is 0 Å². The van der Waals surface area contributed by atoms with Gasteiger partial charge in [-0.15, -0.1) is 0 Å². The van der Waals surface area contributed by atoms with E-state index >= 15 is 0 Å². The molecule has 2 bridgehead atoms. The molecule has 0 radical (unpaired) electrons. The second-order valence-electron chi connectivity index (χ2n) is 5.42. The molecule has 3 atom stereocenters. The fourth-order valence-electron chi connectivity index (χ4n) is 3.61. The van der Waals surface area contributed by atoms with Crippen LogP contribution in [0.5, 0.6) is 0 Å². The molecule has 3 nitrogen and oxygen atoms in total. The van der Waals surface area contributed by atoms with Crippen molar-refractivity contribution < 1.29 is 4.42 Å². The Morgan fingerprint density at radius 1 is 1.24 bits per heavy atom. The summed E-state index contributed by atoms with van der Waals surface area (Å²) in [6.45, 7) is 0. The highest BCUT2D eigenvalue weighted by molar-refractivity contribution is 5.87. The van der Waals surface area contributed by atoms with E-state index in [9.17, 15) is 0 Å². The standard InChI is InChI=1S/C14H16N2O/c1-2-10-7-9(1)8-12(10)16-14-11-4-6-17-13(11)3-5-15-14/h3-6,9-10,12H,1-2,7-8H2,(H,15,16). The van der Waals surface area contributed by atoms with Gasteiger partial charge in [0.15, 0.2) is 0 Å². The molecule has 2 fully saturated rings. The Balaban J connectivity index is 1.65. The van der Waals surface area contributed by atoms with E-state index in [-0.39, 0.29) is 0 Å². The van der Waals surface area contributed by atoms with Crippen LogP contribution < -0.4 is 5.32 Å². The van der Waals surface area contributed by atoms with Crippen molar-refractivity contribution in [3.63, 3.8) is 0 Å². The summed E-state index contributed by atoms with van der Waals surface area (Å²) in [7, 11) is 0. The molecule has 0 aliphatic heterocycles. The maximum Gasteiger partial charge on any atom is 0.139 e. The first-order valence-corrected chi connectivity index (χ1v) is 6.49. The minimum atomic E-state index is 0.627. The summed E-state index contributed by atoms with van der Waals surface area (Å²) < 4.78 is 5.40. The highest BCUT2D eigenvalue weighted by Crippen LogP contribution is 2.45. The van der Waals surface area contributed by atoms with Crippen molar-refractivity contribution in [2.45, 2.75) is 31.7 Å². The minimum Gasteiger partial charge on any atom is -0.464 e. The number of hydrogen-bond acceptors (Lipinski definition) is 3. The second-order valence-corrected chi connectivity index (χ2v) is 5.42. The van der Waals surface area contributed by atoms with Crippen molar-refractivity contribution in [1.82, 2.24) is 4.98 Å². The molecule has 2 aromatic rings. The SMILES string of the molecule is c1cc2occc2c(NC2CC3CCC2C3)n1. The maximum absolute atomic E-state index is 5.40. The van der Waals surface area contributed by atoms with Gasteiger partial charge in [-0.3, -0.25) is 0 Å². The van der Waals surface area contributed by atoms with Crippen LogP contribution in [0.4, 0.5) is 5.82 Å². The van der Waals surface area contributed by atoms with E-state index in [0.29, 0.717) is 6.04 Å². The molecule has 0 spiro atoms. The Morgan fingerprint density at radius 3 is 3.06 bits per heavy atom. The van der Waals surface area contributed by atoms with E-state index in [1.165, 1.54) is 25.7 Å². The predicted octanol–water partition coefficient (Wildman–Crippen LogP) is 3.43. The van der Waals surface area contributed by atoms with Crippen LogP contribution in [0.25, 0.3) is 11.0 Å². The topological polar surface area (TPSA) is 38.1 Å². The molecule has 88 valence electrons. The van der Waals surface area contributed by atoms with Crippen LogP contribution in [-0.2, 0) is 0 Å². The Kier molecular flexibility index (Phi) is 1.95. The Bertz CT molecular complexity index is 548. The Morgan fingerprint density at radius 2 is 2.24 bits per heavy atom. The van der Waals surface area contributed by atoms with Gasteiger partial charge in [-0.05, 0) is 43.2 Å². The van der Waals surface area contributed by atoms with Gasteiger partial charge in [0.1, 0.15) is 11.4 Å². The molecule has 2 aliphatic rings. The number of pyridine rings is 1. The van der Waals surface area contributed by atoms with Gasteiger partial charge in [-0.1, -0.05) is 6.42 Å². The Labute approximate surface area is 100 Å². The number of rotatable bonds is 2. The third-order valence-corrected chi connectivity index (χ3v) is 4.44. The van der Waals surface area contributed by atoms with Crippen molar-refractivity contribution in [2.75, 3.05) is 5.32 Å². The van der Waals surface area contributed by atoms with Gasteiger partial charge >= 0.3 is 0 Å². The summed E-state index contributed by atoms with van der Waals surface area (Å²) in [6, 6.07) is 4.54. The van der Waals surface area contributed by atoms with Crippen molar-refractivity contribution in [3.8, 4) is 0 Å². The van der Waals surface area contributed by atoms with Crippen LogP contribution >= 0.6 is 0 Å². The van der Waals surface area contributed by atoms with Crippen molar-refractivity contribution >= 4 is 16.8 Å². The van der Waals surface area contributed by atoms with Gasteiger partial charge in [0.25, 0.3) is 0 Å². The van der Waals surface area contributed by atoms with E-state index in [1.807, 2.05) is 18.3 Å². The zero-order valence-corrected chi connectivity index (χ0v) is 9.73. The minimum absolute atomic E-state index is 0.627.